The van der Waals surface area contributed by atoms with E-state index in [2.05, 4.69) is 25.9 Å². The minimum absolute atomic E-state index is 0.0701. The van der Waals surface area contributed by atoms with Gasteiger partial charge in [0.2, 0.25) is 17.7 Å². The van der Waals surface area contributed by atoms with Crippen molar-refractivity contribution in [2.45, 2.75) is 71.3 Å². The van der Waals surface area contributed by atoms with Crippen molar-refractivity contribution in [2.24, 2.45) is 17.6 Å². The van der Waals surface area contributed by atoms with Gasteiger partial charge in [-0.25, -0.2) is 9.78 Å². The number of hydrogen-bond acceptors (Lipinski definition) is 7. The summed E-state index contributed by atoms with van der Waals surface area (Å²) in [5.74, 6) is -3.89. The molecule has 1 aromatic heterocycles. The van der Waals surface area contributed by atoms with E-state index in [0.717, 1.165) is 0 Å². The van der Waals surface area contributed by atoms with E-state index in [-0.39, 0.29) is 18.3 Å². The number of aliphatic hydroxyl groups excluding tert-OH is 1. The number of nitrogens with zero attached hydrogens (tertiary/aromatic N) is 1. The monoisotopic (exact) mass is 454 g/mol. The van der Waals surface area contributed by atoms with Crippen LogP contribution in [0.1, 0.15) is 40.3 Å². The van der Waals surface area contributed by atoms with E-state index in [0.29, 0.717) is 5.69 Å². The summed E-state index contributed by atoms with van der Waals surface area (Å²) in [7, 11) is 0. The first-order valence-corrected chi connectivity index (χ1v) is 10.4. The molecule has 8 N–H and O–H groups in total. The van der Waals surface area contributed by atoms with Crippen LogP contribution in [0, 0.1) is 11.8 Å². The van der Waals surface area contributed by atoms with Crippen LogP contribution in [0.2, 0.25) is 0 Å². The van der Waals surface area contributed by atoms with Crippen LogP contribution in [-0.4, -0.2) is 74.1 Å². The van der Waals surface area contributed by atoms with Crippen molar-refractivity contribution in [1.29, 1.82) is 0 Å². The predicted octanol–water partition coefficient (Wildman–Crippen LogP) is -1.49. The van der Waals surface area contributed by atoms with Crippen LogP contribution in [0.4, 0.5) is 0 Å². The first-order chi connectivity index (χ1) is 14.8. The van der Waals surface area contributed by atoms with E-state index in [1.165, 1.54) is 19.4 Å². The van der Waals surface area contributed by atoms with Gasteiger partial charge in [0.15, 0.2) is 0 Å². The summed E-state index contributed by atoms with van der Waals surface area (Å²) in [4.78, 5) is 55.9. The van der Waals surface area contributed by atoms with Crippen molar-refractivity contribution >= 4 is 23.7 Å². The smallest absolute Gasteiger partial charge is 0.326 e. The molecule has 5 atom stereocenters. The number of carbonyl (C=O) groups is 4. The second-order valence-corrected chi connectivity index (χ2v) is 8.41. The van der Waals surface area contributed by atoms with Crippen molar-refractivity contribution in [3.8, 4) is 0 Å². The fourth-order valence-electron chi connectivity index (χ4n) is 2.81. The van der Waals surface area contributed by atoms with Crippen LogP contribution >= 0.6 is 0 Å². The minimum Gasteiger partial charge on any atom is -0.480 e. The van der Waals surface area contributed by atoms with Crippen molar-refractivity contribution in [3.05, 3.63) is 18.2 Å². The third-order valence-electron chi connectivity index (χ3n) is 4.92. The quantitative estimate of drug-likeness (QED) is 0.198. The minimum atomic E-state index is -1.44. The molecule has 0 aliphatic heterocycles. The highest BCUT2D eigenvalue weighted by atomic mass is 16.4. The van der Waals surface area contributed by atoms with Crippen molar-refractivity contribution in [2.75, 3.05) is 0 Å². The molecule has 1 rings (SSSR count). The van der Waals surface area contributed by atoms with E-state index in [4.69, 9.17) is 5.73 Å². The molecule has 32 heavy (non-hydrogen) atoms. The molecule has 12 heteroatoms. The van der Waals surface area contributed by atoms with E-state index in [1.807, 2.05) is 0 Å². The van der Waals surface area contributed by atoms with E-state index >= 15 is 0 Å². The average molecular weight is 455 g/mol. The molecule has 12 nitrogen and oxygen atoms in total. The summed E-state index contributed by atoms with van der Waals surface area (Å²) in [5, 5.41) is 26.8. The average Bonchev–Trinajstić information content (AvgIpc) is 3.20. The number of carboxylic acids is 1. The Morgan fingerprint density at radius 1 is 0.969 bits per heavy atom. The SMILES string of the molecule is CC(C)C(N)C(=O)NC(C(=O)NC(C(=O)NC(Cc1cnc[nH]1)C(=O)O)C(C)O)C(C)C. The number of aliphatic hydroxyl groups is 1. The van der Waals surface area contributed by atoms with Gasteiger partial charge in [0, 0.05) is 18.3 Å². The normalized spacial score (nSPS) is 16.0. The Morgan fingerprint density at radius 3 is 1.97 bits per heavy atom. The summed E-state index contributed by atoms with van der Waals surface area (Å²) in [5.41, 5.74) is 6.32. The number of H-pyrrole nitrogens is 1. The molecule has 0 aliphatic carbocycles. The van der Waals surface area contributed by atoms with Crippen LogP contribution in [0.25, 0.3) is 0 Å². The second-order valence-electron chi connectivity index (χ2n) is 8.41. The zero-order chi connectivity index (χ0) is 24.6. The number of hydrogen-bond donors (Lipinski definition) is 7. The molecule has 0 fully saturated rings. The predicted molar refractivity (Wildman–Crippen MR) is 115 cm³/mol. The number of rotatable bonds is 12. The Balaban J connectivity index is 2.91. The highest BCUT2D eigenvalue weighted by Crippen LogP contribution is 2.07. The lowest BCUT2D eigenvalue weighted by atomic mass is 9.99. The summed E-state index contributed by atoms with van der Waals surface area (Å²) in [6.07, 6.45) is 1.40. The maximum atomic E-state index is 12.8. The number of carboxylic acid groups (broad SMARTS) is 1. The Morgan fingerprint density at radius 2 is 1.53 bits per heavy atom. The fraction of sp³-hybridized carbons (Fsp3) is 0.650. The molecule has 0 radical (unpaired) electrons. The summed E-state index contributed by atoms with van der Waals surface area (Å²) in [6.45, 7) is 8.23. The molecular weight excluding hydrogens is 420 g/mol. The van der Waals surface area contributed by atoms with Crippen molar-refractivity contribution in [3.63, 3.8) is 0 Å². The molecule has 0 aliphatic rings. The zero-order valence-corrected chi connectivity index (χ0v) is 19.0. The van der Waals surface area contributed by atoms with Crippen LogP contribution in [0.15, 0.2) is 12.5 Å². The van der Waals surface area contributed by atoms with Gasteiger partial charge < -0.3 is 36.9 Å². The number of nitrogens with two attached hydrogens (primary N) is 1. The van der Waals surface area contributed by atoms with Gasteiger partial charge in [-0.2, -0.15) is 0 Å². The molecule has 0 saturated heterocycles. The van der Waals surface area contributed by atoms with Gasteiger partial charge in [-0.1, -0.05) is 27.7 Å². The maximum absolute atomic E-state index is 12.8. The Kier molecular flexibility index (Phi) is 10.3. The molecule has 0 aromatic carbocycles. The molecule has 0 bridgehead atoms. The molecule has 0 spiro atoms. The summed E-state index contributed by atoms with van der Waals surface area (Å²) < 4.78 is 0. The highest BCUT2D eigenvalue weighted by molar-refractivity contribution is 5.94. The molecule has 3 amide bonds. The van der Waals surface area contributed by atoms with E-state index in [9.17, 15) is 29.4 Å². The lowest BCUT2D eigenvalue weighted by Crippen LogP contribution is -2.61. The number of imidazole rings is 1. The van der Waals surface area contributed by atoms with Gasteiger partial charge in [0.05, 0.1) is 18.5 Å². The summed E-state index contributed by atoms with van der Waals surface area (Å²) >= 11 is 0. The molecule has 1 aromatic rings. The van der Waals surface area contributed by atoms with E-state index < -0.39 is 54.0 Å². The lowest BCUT2D eigenvalue weighted by Gasteiger charge is -2.28. The number of amides is 3. The zero-order valence-electron chi connectivity index (χ0n) is 19.0. The van der Waals surface area contributed by atoms with Gasteiger partial charge in [0.25, 0.3) is 0 Å². The van der Waals surface area contributed by atoms with Gasteiger partial charge in [-0.3, -0.25) is 14.4 Å². The Bertz CT molecular complexity index is 780. The van der Waals surface area contributed by atoms with Crippen molar-refractivity contribution < 1.29 is 29.4 Å². The fourth-order valence-corrected chi connectivity index (χ4v) is 2.81. The third-order valence-corrected chi connectivity index (χ3v) is 4.92. The van der Waals surface area contributed by atoms with Crippen LogP contribution < -0.4 is 21.7 Å². The third kappa shape index (κ3) is 7.93. The molecular formula is C20H34N6O6. The van der Waals surface area contributed by atoms with Gasteiger partial charge in [-0.05, 0) is 18.8 Å². The largest absolute Gasteiger partial charge is 0.480 e. The van der Waals surface area contributed by atoms with Gasteiger partial charge >= 0.3 is 5.97 Å². The first kappa shape index (κ1) is 27.0. The highest BCUT2D eigenvalue weighted by Gasteiger charge is 2.34. The van der Waals surface area contributed by atoms with Gasteiger partial charge in [0.1, 0.15) is 18.1 Å². The lowest BCUT2D eigenvalue weighted by molar-refractivity contribution is -0.143. The topological polar surface area (TPSA) is 200 Å². The number of aliphatic carboxylic acids is 1. The van der Waals surface area contributed by atoms with Crippen LogP contribution in [0.3, 0.4) is 0 Å². The maximum Gasteiger partial charge on any atom is 0.326 e. The molecule has 1 heterocycles. The number of aromatic amines is 1. The second kappa shape index (κ2) is 12.2. The van der Waals surface area contributed by atoms with Crippen LogP contribution in [-0.2, 0) is 25.6 Å². The Labute approximate surface area is 186 Å². The van der Waals surface area contributed by atoms with Crippen molar-refractivity contribution in [1.82, 2.24) is 25.9 Å². The molecule has 5 unspecified atom stereocenters. The van der Waals surface area contributed by atoms with Gasteiger partial charge in [-0.15, -0.1) is 0 Å². The molecule has 0 saturated carbocycles. The standard InChI is InChI=1S/C20H34N6O6/c1-9(2)14(21)17(28)25-15(10(3)4)18(29)26-16(11(5)27)19(30)24-13(20(31)32)6-12-7-22-8-23-12/h7-11,13-16,27H,6,21H2,1-5H3,(H,22,23)(H,24,30)(H,25,28)(H,26,29)(H,31,32). The number of carbonyl (C=O) groups excluding carboxylic acids is 3. The number of nitrogens with one attached hydrogen (secondary N) is 4. The first-order valence-electron chi connectivity index (χ1n) is 10.4. The molecule has 180 valence electrons. The van der Waals surface area contributed by atoms with E-state index in [1.54, 1.807) is 27.7 Å². The summed E-state index contributed by atoms with van der Waals surface area (Å²) in [6, 6.07) is -4.59. The Hall–Kier alpha value is -2.99. The number of aromatic nitrogens is 2. The van der Waals surface area contributed by atoms with Crippen LogP contribution in [0.5, 0.6) is 0 Å².